The van der Waals surface area contributed by atoms with Crippen LogP contribution in [0.4, 0.5) is 0 Å². The van der Waals surface area contributed by atoms with Crippen molar-refractivity contribution < 1.29 is 4.79 Å². The van der Waals surface area contributed by atoms with Crippen molar-refractivity contribution in [2.75, 3.05) is 0 Å². The van der Waals surface area contributed by atoms with E-state index in [2.05, 4.69) is 17.4 Å². The molecule has 0 saturated heterocycles. The number of carbonyl (C=O) groups is 1. The Morgan fingerprint density at radius 1 is 1.33 bits per heavy atom. The lowest BCUT2D eigenvalue weighted by atomic mass is 9.90. The first kappa shape index (κ1) is 10.4. The summed E-state index contributed by atoms with van der Waals surface area (Å²) in [5, 5.41) is 3.31. The average molecular weight is 203 g/mol. The van der Waals surface area contributed by atoms with E-state index in [0.29, 0.717) is 5.78 Å². The number of hydrogen-bond donors (Lipinski definition) is 1. The van der Waals surface area contributed by atoms with Gasteiger partial charge >= 0.3 is 0 Å². The topological polar surface area (TPSA) is 29.1 Å². The molecule has 0 spiro atoms. The summed E-state index contributed by atoms with van der Waals surface area (Å²) in [6.45, 7) is 4.74. The minimum atomic E-state index is 0.0138. The lowest BCUT2D eigenvalue weighted by Gasteiger charge is -2.26. The predicted octanol–water partition coefficient (Wildman–Crippen LogP) is 1.93. The highest BCUT2D eigenvalue weighted by atomic mass is 16.1. The maximum atomic E-state index is 11.8. The van der Waals surface area contributed by atoms with E-state index < -0.39 is 0 Å². The van der Waals surface area contributed by atoms with Crippen molar-refractivity contribution in [3.05, 3.63) is 35.4 Å². The van der Waals surface area contributed by atoms with Crippen molar-refractivity contribution in [2.45, 2.75) is 32.9 Å². The first-order valence-corrected chi connectivity index (χ1v) is 5.52. The molecule has 0 aliphatic carbocycles. The Morgan fingerprint density at radius 3 is 2.67 bits per heavy atom. The van der Waals surface area contributed by atoms with Crippen LogP contribution in [0.3, 0.4) is 0 Å². The first-order valence-electron chi connectivity index (χ1n) is 5.52. The van der Waals surface area contributed by atoms with E-state index in [9.17, 15) is 4.79 Å². The van der Waals surface area contributed by atoms with Gasteiger partial charge in [-0.25, -0.2) is 0 Å². The van der Waals surface area contributed by atoms with Gasteiger partial charge in [0.25, 0.3) is 0 Å². The second-order valence-corrected chi connectivity index (χ2v) is 4.46. The Hall–Kier alpha value is -1.15. The number of Topliss-reactive ketones (excluding diaryl/α,β-unsaturated/α-hetero) is 1. The number of nitrogens with one attached hydrogen (secondary N) is 1. The van der Waals surface area contributed by atoms with E-state index in [4.69, 9.17) is 0 Å². The Balaban J connectivity index is 2.15. The summed E-state index contributed by atoms with van der Waals surface area (Å²) in [6.07, 6.45) is 0.840. The molecule has 80 valence electrons. The summed E-state index contributed by atoms with van der Waals surface area (Å²) in [7, 11) is 0. The highest BCUT2D eigenvalue weighted by Crippen LogP contribution is 2.18. The third-order valence-electron chi connectivity index (χ3n) is 2.99. The number of hydrogen-bond acceptors (Lipinski definition) is 2. The Bertz CT molecular complexity index is 371. The van der Waals surface area contributed by atoms with Crippen molar-refractivity contribution in [3.8, 4) is 0 Å². The lowest BCUT2D eigenvalue weighted by Crippen LogP contribution is -2.43. The molecule has 1 aromatic carbocycles. The normalized spacial score (nSPS) is 20.1. The summed E-state index contributed by atoms with van der Waals surface area (Å²) < 4.78 is 0. The summed E-state index contributed by atoms with van der Waals surface area (Å²) in [5.41, 5.74) is 2.64. The Morgan fingerprint density at radius 2 is 2.00 bits per heavy atom. The molecule has 1 aromatic rings. The van der Waals surface area contributed by atoms with Gasteiger partial charge in [0.2, 0.25) is 0 Å². The zero-order valence-electron chi connectivity index (χ0n) is 9.29. The van der Waals surface area contributed by atoms with Gasteiger partial charge in [0, 0.05) is 12.5 Å². The zero-order chi connectivity index (χ0) is 10.8. The molecule has 1 atom stereocenters. The van der Waals surface area contributed by atoms with Crippen LogP contribution in [-0.2, 0) is 17.8 Å². The maximum Gasteiger partial charge on any atom is 0.152 e. The molecule has 2 nitrogen and oxygen atoms in total. The van der Waals surface area contributed by atoms with Crippen molar-refractivity contribution in [3.63, 3.8) is 0 Å². The highest BCUT2D eigenvalue weighted by Gasteiger charge is 2.25. The molecule has 2 heteroatoms. The third-order valence-corrected chi connectivity index (χ3v) is 2.99. The van der Waals surface area contributed by atoms with Crippen LogP contribution in [0.5, 0.6) is 0 Å². The molecular formula is C13H17NO. The van der Waals surface area contributed by atoms with Crippen LogP contribution in [0.25, 0.3) is 0 Å². The van der Waals surface area contributed by atoms with Gasteiger partial charge in [0.15, 0.2) is 5.78 Å². The average Bonchev–Trinajstić information content (AvgIpc) is 2.27. The quantitative estimate of drug-likeness (QED) is 0.795. The first-order chi connectivity index (χ1) is 7.18. The summed E-state index contributed by atoms with van der Waals surface area (Å²) in [5.74, 6) is 0.442. The number of fused-ring (bicyclic) bond motifs is 1. The van der Waals surface area contributed by atoms with Crippen LogP contribution >= 0.6 is 0 Å². The van der Waals surface area contributed by atoms with Crippen molar-refractivity contribution in [1.82, 2.24) is 5.32 Å². The van der Waals surface area contributed by atoms with Crippen LogP contribution in [0.15, 0.2) is 24.3 Å². The van der Waals surface area contributed by atoms with Crippen LogP contribution in [0.2, 0.25) is 0 Å². The molecule has 1 N–H and O–H groups in total. The minimum Gasteiger partial charge on any atom is -0.303 e. The molecule has 1 aliphatic heterocycles. The van der Waals surface area contributed by atoms with Gasteiger partial charge in [0.1, 0.15) is 0 Å². The van der Waals surface area contributed by atoms with Crippen LogP contribution in [0, 0.1) is 5.92 Å². The molecule has 0 saturated carbocycles. The summed E-state index contributed by atoms with van der Waals surface area (Å²) in [4.78, 5) is 11.8. The van der Waals surface area contributed by atoms with Gasteiger partial charge in [-0.3, -0.25) is 4.79 Å². The molecule has 2 rings (SSSR count). The van der Waals surface area contributed by atoms with E-state index in [0.717, 1.165) is 13.0 Å². The highest BCUT2D eigenvalue weighted by molar-refractivity contribution is 5.86. The summed E-state index contributed by atoms with van der Waals surface area (Å²) in [6, 6.07) is 8.35. The van der Waals surface area contributed by atoms with E-state index in [1.165, 1.54) is 11.1 Å². The van der Waals surface area contributed by atoms with E-state index in [-0.39, 0.29) is 12.0 Å². The monoisotopic (exact) mass is 203 g/mol. The summed E-state index contributed by atoms with van der Waals surface area (Å²) >= 11 is 0. The van der Waals surface area contributed by atoms with Gasteiger partial charge in [-0.15, -0.1) is 0 Å². The number of rotatable bonds is 2. The largest absolute Gasteiger partial charge is 0.303 e. The van der Waals surface area contributed by atoms with Gasteiger partial charge < -0.3 is 5.32 Å². The Kier molecular flexibility index (Phi) is 2.87. The van der Waals surface area contributed by atoms with Gasteiger partial charge in [-0.2, -0.15) is 0 Å². The minimum absolute atomic E-state index is 0.0138. The molecule has 1 aliphatic rings. The van der Waals surface area contributed by atoms with Crippen molar-refractivity contribution in [2.24, 2.45) is 5.92 Å². The zero-order valence-corrected chi connectivity index (χ0v) is 9.29. The fraction of sp³-hybridized carbons (Fsp3) is 0.462. The molecule has 0 fully saturated rings. The van der Waals surface area contributed by atoms with E-state index in [1.807, 2.05) is 26.0 Å². The van der Waals surface area contributed by atoms with Crippen molar-refractivity contribution >= 4 is 5.78 Å². The molecule has 15 heavy (non-hydrogen) atoms. The van der Waals surface area contributed by atoms with Gasteiger partial charge in [-0.1, -0.05) is 38.1 Å². The van der Waals surface area contributed by atoms with Gasteiger partial charge in [-0.05, 0) is 17.5 Å². The Labute approximate surface area is 90.7 Å². The predicted molar refractivity (Wildman–Crippen MR) is 60.6 cm³/mol. The fourth-order valence-electron chi connectivity index (χ4n) is 2.06. The smallest absolute Gasteiger partial charge is 0.152 e. The standard InChI is InChI=1S/C13H17NO/c1-9(2)13(15)12-7-10-5-3-4-6-11(10)8-14-12/h3-6,9,12,14H,7-8H2,1-2H3/t12-/m0/s1. The van der Waals surface area contributed by atoms with E-state index >= 15 is 0 Å². The molecule has 0 radical (unpaired) electrons. The lowest BCUT2D eigenvalue weighted by molar-refractivity contribution is -0.124. The molecule has 0 amide bonds. The second-order valence-electron chi connectivity index (χ2n) is 4.46. The van der Waals surface area contributed by atoms with Crippen molar-refractivity contribution in [1.29, 1.82) is 0 Å². The second kappa shape index (κ2) is 4.15. The molecule has 1 heterocycles. The third kappa shape index (κ3) is 2.10. The van der Waals surface area contributed by atoms with Crippen LogP contribution < -0.4 is 5.32 Å². The van der Waals surface area contributed by atoms with Crippen LogP contribution in [-0.4, -0.2) is 11.8 Å². The maximum absolute atomic E-state index is 11.8. The number of carbonyl (C=O) groups excluding carboxylic acids is 1. The van der Waals surface area contributed by atoms with Crippen LogP contribution in [0.1, 0.15) is 25.0 Å². The molecule has 0 bridgehead atoms. The molecule has 0 unspecified atom stereocenters. The molecule has 0 aromatic heterocycles. The molecular weight excluding hydrogens is 186 g/mol. The fourth-order valence-corrected chi connectivity index (χ4v) is 2.06. The number of ketones is 1. The van der Waals surface area contributed by atoms with Gasteiger partial charge in [0.05, 0.1) is 6.04 Å². The SMILES string of the molecule is CC(C)C(=O)[C@@H]1Cc2ccccc2CN1. The number of benzene rings is 1. The van der Waals surface area contributed by atoms with E-state index in [1.54, 1.807) is 0 Å².